The molecule has 5 heteroatoms. The van der Waals surface area contributed by atoms with Gasteiger partial charge in [0.25, 0.3) is 5.91 Å². The van der Waals surface area contributed by atoms with Gasteiger partial charge in [-0.2, -0.15) is 0 Å². The highest BCUT2D eigenvalue weighted by Gasteiger charge is 2.29. The third-order valence-corrected chi connectivity index (χ3v) is 4.86. The minimum atomic E-state index is -0.512. The number of rotatable bonds is 2. The Hall–Kier alpha value is -1.10. The number of nitrogens with zero attached hydrogens (tertiary/aromatic N) is 1. The van der Waals surface area contributed by atoms with Crippen LogP contribution in [0.25, 0.3) is 0 Å². The van der Waals surface area contributed by atoms with Crippen LogP contribution in [-0.2, 0) is 0 Å². The fourth-order valence-corrected chi connectivity index (χ4v) is 3.43. The summed E-state index contributed by atoms with van der Waals surface area (Å²) in [6, 6.07) is 2.90. The summed E-state index contributed by atoms with van der Waals surface area (Å²) in [6.07, 6.45) is 4.55. The third kappa shape index (κ3) is 2.97. The number of anilines is 1. The van der Waals surface area contributed by atoms with E-state index < -0.39 is 5.82 Å². The van der Waals surface area contributed by atoms with Crippen molar-refractivity contribution >= 4 is 27.5 Å². The molecule has 0 radical (unpaired) electrons. The lowest BCUT2D eigenvalue weighted by Crippen LogP contribution is -2.42. The minimum Gasteiger partial charge on any atom is -0.396 e. The average Bonchev–Trinajstić information content (AvgIpc) is 2.42. The molecule has 20 heavy (non-hydrogen) atoms. The van der Waals surface area contributed by atoms with Gasteiger partial charge in [-0.1, -0.05) is 19.8 Å². The first-order valence-corrected chi connectivity index (χ1v) is 7.72. The van der Waals surface area contributed by atoms with Gasteiger partial charge >= 0.3 is 0 Å². The molecule has 1 aromatic carbocycles. The van der Waals surface area contributed by atoms with E-state index in [1.165, 1.54) is 18.6 Å². The number of nitrogen functional groups attached to an aromatic ring is 1. The van der Waals surface area contributed by atoms with Crippen molar-refractivity contribution < 1.29 is 9.18 Å². The van der Waals surface area contributed by atoms with Crippen molar-refractivity contribution in [1.82, 2.24) is 4.90 Å². The van der Waals surface area contributed by atoms with E-state index in [0.29, 0.717) is 16.0 Å². The van der Waals surface area contributed by atoms with E-state index in [1.807, 2.05) is 7.05 Å². The second-order valence-electron chi connectivity index (χ2n) is 5.60. The Morgan fingerprint density at radius 1 is 1.40 bits per heavy atom. The molecule has 2 N–H and O–H groups in total. The number of benzene rings is 1. The maximum atomic E-state index is 13.4. The lowest BCUT2D eigenvalue weighted by atomic mass is 9.85. The van der Waals surface area contributed by atoms with Crippen LogP contribution in [0.1, 0.15) is 43.0 Å². The zero-order valence-electron chi connectivity index (χ0n) is 11.8. The summed E-state index contributed by atoms with van der Waals surface area (Å²) in [4.78, 5) is 14.4. The molecular weight excluding hydrogens is 323 g/mol. The average molecular weight is 343 g/mol. The molecule has 0 bridgehead atoms. The van der Waals surface area contributed by atoms with Crippen molar-refractivity contribution in [2.75, 3.05) is 12.8 Å². The molecule has 0 heterocycles. The molecule has 1 fully saturated rings. The van der Waals surface area contributed by atoms with Gasteiger partial charge in [0.1, 0.15) is 5.82 Å². The molecule has 2 unspecified atom stereocenters. The fraction of sp³-hybridized carbons (Fsp3) is 0.533. The number of nitrogens with two attached hydrogens (primary N) is 1. The Labute approximate surface area is 127 Å². The maximum absolute atomic E-state index is 13.4. The highest BCUT2D eigenvalue weighted by atomic mass is 79.9. The van der Waals surface area contributed by atoms with E-state index in [9.17, 15) is 9.18 Å². The van der Waals surface area contributed by atoms with Gasteiger partial charge in [-0.15, -0.1) is 0 Å². The lowest BCUT2D eigenvalue weighted by molar-refractivity contribution is 0.0628. The summed E-state index contributed by atoms with van der Waals surface area (Å²) in [5, 5.41) is 0. The molecule has 1 amide bonds. The predicted octanol–water partition coefficient (Wildman–Crippen LogP) is 3.82. The fourth-order valence-electron chi connectivity index (χ4n) is 2.94. The zero-order valence-corrected chi connectivity index (χ0v) is 13.4. The highest BCUT2D eigenvalue weighted by molar-refractivity contribution is 9.10. The largest absolute Gasteiger partial charge is 0.396 e. The molecule has 0 aliphatic heterocycles. The van der Waals surface area contributed by atoms with E-state index in [4.69, 9.17) is 5.73 Å². The van der Waals surface area contributed by atoms with E-state index in [-0.39, 0.29) is 17.6 Å². The van der Waals surface area contributed by atoms with Crippen LogP contribution in [0.15, 0.2) is 16.6 Å². The smallest absolute Gasteiger partial charge is 0.255 e. The van der Waals surface area contributed by atoms with Crippen LogP contribution in [0.2, 0.25) is 0 Å². The van der Waals surface area contributed by atoms with Crippen molar-refractivity contribution in [3.63, 3.8) is 0 Å². The monoisotopic (exact) mass is 342 g/mol. The maximum Gasteiger partial charge on any atom is 0.255 e. The van der Waals surface area contributed by atoms with Crippen LogP contribution in [-0.4, -0.2) is 23.9 Å². The summed E-state index contributed by atoms with van der Waals surface area (Å²) in [5.41, 5.74) is 5.99. The third-order valence-electron chi connectivity index (χ3n) is 4.20. The first-order valence-electron chi connectivity index (χ1n) is 6.93. The van der Waals surface area contributed by atoms with Gasteiger partial charge in [0.15, 0.2) is 0 Å². The minimum absolute atomic E-state index is 0.00152. The molecule has 1 saturated carbocycles. The van der Waals surface area contributed by atoms with Crippen molar-refractivity contribution in [2.24, 2.45) is 5.92 Å². The van der Waals surface area contributed by atoms with Gasteiger partial charge in [0.2, 0.25) is 0 Å². The van der Waals surface area contributed by atoms with Gasteiger partial charge in [-0.05, 0) is 46.8 Å². The molecule has 2 atom stereocenters. The molecule has 1 aromatic rings. The number of amides is 1. The second kappa shape index (κ2) is 6.12. The number of hydrogen-bond donors (Lipinski definition) is 1. The molecule has 3 nitrogen and oxygen atoms in total. The van der Waals surface area contributed by atoms with Gasteiger partial charge in [0.05, 0.1) is 11.3 Å². The number of halogens is 2. The SMILES string of the molecule is CC1CCCCC1N(C)C(=O)c1cc(N)c(F)cc1Br. The Kier molecular flexibility index (Phi) is 4.68. The molecule has 0 saturated heterocycles. The van der Waals surface area contributed by atoms with Crippen LogP contribution in [0.5, 0.6) is 0 Å². The van der Waals surface area contributed by atoms with Crippen LogP contribution >= 0.6 is 15.9 Å². The molecular formula is C15H20BrFN2O. The summed E-state index contributed by atoms with van der Waals surface area (Å²) >= 11 is 3.25. The van der Waals surface area contributed by atoms with Gasteiger partial charge < -0.3 is 10.6 Å². The predicted molar refractivity (Wildman–Crippen MR) is 82.0 cm³/mol. The van der Waals surface area contributed by atoms with Crippen LogP contribution in [0.4, 0.5) is 10.1 Å². The van der Waals surface area contributed by atoms with Crippen LogP contribution in [0, 0.1) is 11.7 Å². The molecule has 1 aliphatic carbocycles. The Morgan fingerprint density at radius 2 is 2.05 bits per heavy atom. The quantitative estimate of drug-likeness (QED) is 0.830. The van der Waals surface area contributed by atoms with Crippen molar-refractivity contribution in [3.8, 4) is 0 Å². The van der Waals surface area contributed by atoms with Crippen molar-refractivity contribution in [2.45, 2.75) is 38.6 Å². The second-order valence-corrected chi connectivity index (χ2v) is 6.45. The number of hydrogen-bond acceptors (Lipinski definition) is 2. The van der Waals surface area contributed by atoms with Crippen molar-refractivity contribution in [3.05, 3.63) is 28.0 Å². The molecule has 2 rings (SSSR count). The van der Waals surface area contributed by atoms with Crippen LogP contribution < -0.4 is 5.73 Å². The Morgan fingerprint density at radius 3 is 2.70 bits per heavy atom. The van der Waals surface area contributed by atoms with Gasteiger partial charge in [-0.25, -0.2) is 4.39 Å². The van der Waals surface area contributed by atoms with E-state index in [1.54, 1.807) is 4.90 Å². The molecule has 0 spiro atoms. The first kappa shape index (κ1) is 15.3. The highest BCUT2D eigenvalue weighted by Crippen LogP contribution is 2.30. The zero-order chi connectivity index (χ0) is 14.9. The number of carbonyl (C=O) groups is 1. The molecule has 110 valence electrons. The topological polar surface area (TPSA) is 46.3 Å². The van der Waals surface area contributed by atoms with Crippen molar-refractivity contribution in [1.29, 1.82) is 0 Å². The van der Waals surface area contributed by atoms with E-state index >= 15 is 0 Å². The normalized spacial score (nSPS) is 22.6. The van der Waals surface area contributed by atoms with Gasteiger partial charge in [0, 0.05) is 17.6 Å². The number of carbonyl (C=O) groups excluding carboxylic acids is 1. The summed E-state index contributed by atoms with van der Waals surface area (Å²) in [6.45, 7) is 2.18. The van der Waals surface area contributed by atoms with E-state index in [2.05, 4.69) is 22.9 Å². The Bertz CT molecular complexity index is 521. The summed E-state index contributed by atoms with van der Waals surface area (Å²) in [7, 11) is 1.82. The standard InChI is InChI=1S/C15H20BrFN2O/c1-9-5-3-4-6-14(9)19(2)15(20)10-7-13(18)12(17)8-11(10)16/h7-9,14H,3-6,18H2,1-2H3. The summed E-state index contributed by atoms with van der Waals surface area (Å²) < 4.78 is 13.8. The molecule has 0 aromatic heterocycles. The lowest BCUT2D eigenvalue weighted by Gasteiger charge is -2.36. The Balaban J connectivity index is 2.24. The first-order chi connectivity index (χ1) is 9.41. The summed E-state index contributed by atoms with van der Waals surface area (Å²) in [5.74, 6) is -0.126. The van der Waals surface area contributed by atoms with E-state index in [0.717, 1.165) is 19.3 Å². The molecule has 1 aliphatic rings. The van der Waals surface area contributed by atoms with Gasteiger partial charge in [-0.3, -0.25) is 4.79 Å². The van der Waals surface area contributed by atoms with Crippen LogP contribution in [0.3, 0.4) is 0 Å².